The van der Waals surface area contributed by atoms with Gasteiger partial charge in [0, 0.05) is 19.7 Å². The second-order valence-electron chi connectivity index (χ2n) is 4.27. The molecule has 18 heavy (non-hydrogen) atoms. The van der Waals surface area contributed by atoms with Crippen LogP contribution in [0.5, 0.6) is 0 Å². The monoisotopic (exact) mass is 268 g/mol. The van der Waals surface area contributed by atoms with Crippen LogP contribution >= 0.6 is 11.8 Å². The Hall–Kier alpha value is -0.970. The molecule has 0 aliphatic rings. The van der Waals surface area contributed by atoms with Crippen molar-refractivity contribution in [2.75, 3.05) is 36.2 Å². The maximum atomic E-state index is 4.36. The minimum atomic E-state index is 0.796. The van der Waals surface area contributed by atoms with Crippen LogP contribution in [0.1, 0.15) is 31.5 Å². The minimum absolute atomic E-state index is 0.796. The minimum Gasteiger partial charge on any atom is -0.373 e. The lowest BCUT2D eigenvalue weighted by Crippen LogP contribution is -2.06. The molecule has 102 valence electrons. The Morgan fingerprint density at radius 1 is 1.11 bits per heavy atom. The lowest BCUT2D eigenvalue weighted by atomic mass is 10.2. The number of nitrogens with zero attached hydrogens (tertiary/aromatic N) is 2. The summed E-state index contributed by atoms with van der Waals surface area (Å²) >= 11 is 1.93. The third kappa shape index (κ3) is 6.10. The fourth-order valence-electron chi connectivity index (χ4n) is 1.73. The smallest absolute Gasteiger partial charge is 0.131 e. The molecule has 0 radical (unpaired) electrons. The SMILES string of the molecule is CNc1cc(NCCCCCCSC)nc(C)n1. The number of unbranched alkanes of at least 4 members (excludes halogenated alkanes) is 3. The molecule has 1 aromatic rings. The summed E-state index contributed by atoms with van der Waals surface area (Å²) in [6, 6.07) is 1.95. The van der Waals surface area contributed by atoms with E-state index in [4.69, 9.17) is 0 Å². The highest BCUT2D eigenvalue weighted by molar-refractivity contribution is 7.98. The number of aromatic nitrogens is 2. The highest BCUT2D eigenvalue weighted by Gasteiger charge is 1.99. The van der Waals surface area contributed by atoms with E-state index in [0.717, 1.165) is 24.0 Å². The maximum absolute atomic E-state index is 4.36. The third-order valence-corrected chi connectivity index (χ3v) is 3.37. The number of rotatable bonds is 9. The molecule has 0 bridgehead atoms. The molecular weight excluding hydrogens is 244 g/mol. The average molecular weight is 268 g/mol. The van der Waals surface area contributed by atoms with Crippen molar-refractivity contribution in [1.29, 1.82) is 0 Å². The lowest BCUT2D eigenvalue weighted by Gasteiger charge is -2.08. The predicted octanol–water partition coefficient (Wildman–Crippen LogP) is 3.16. The van der Waals surface area contributed by atoms with Crippen LogP contribution in [0.2, 0.25) is 0 Å². The summed E-state index contributed by atoms with van der Waals surface area (Å²) in [5.74, 6) is 3.86. The number of anilines is 2. The fraction of sp³-hybridized carbons (Fsp3) is 0.692. The number of hydrogen-bond donors (Lipinski definition) is 2. The van der Waals surface area contributed by atoms with Gasteiger partial charge < -0.3 is 10.6 Å². The topological polar surface area (TPSA) is 49.8 Å². The molecule has 2 N–H and O–H groups in total. The van der Waals surface area contributed by atoms with Gasteiger partial charge in [0.25, 0.3) is 0 Å². The second-order valence-corrected chi connectivity index (χ2v) is 5.26. The molecule has 0 spiro atoms. The van der Waals surface area contributed by atoms with Gasteiger partial charge in [0.1, 0.15) is 17.5 Å². The molecule has 0 atom stereocenters. The highest BCUT2D eigenvalue weighted by atomic mass is 32.2. The van der Waals surface area contributed by atoms with E-state index in [1.807, 2.05) is 31.8 Å². The molecule has 5 heteroatoms. The molecule has 1 rings (SSSR count). The van der Waals surface area contributed by atoms with Gasteiger partial charge in [0.2, 0.25) is 0 Å². The Balaban J connectivity index is 2.20. The highest BCUT2D eigenvalue weighted by Crippen LogP contribution is 2.11. The second kappa shape index (κ2) is 9.03. The van der Waals surface area contributed by atoms with E-state index in [1.54, 1.807) is 0 Å². The van der Waals surface area contributed by atoms with Crippen LogP contribution in [-0.2, 0) is 0 Å². The average Bonchev–Trinajstić information content (AvgIpc) is 2.37. The van der Waals surface area contributed by atoms with Crippen LogP contribution < -0.4 is 10.6 Å². The quantitative estimate of drug-likeness (QED) is 0.674. The Bertz CT molecular complexity index is 344. The van der Waals surface area contributed by atoms with Crippen molar-refractivity contribution in [3.63, 3.8) is 0 Å². The third-order valence-electron chi connectivity index (χ3n) is 2.68. The number of hydrogen-bond acceptors (Lipinski definition) is 5. The van der Waals surface area contributed by atoms with Crippen molar-refractivity contribution in [2.45, 2.75) is 32.6 Å². The summed E-state index contributed by atoms with van der Waals surface area (Å²) in [6.07, 6.45) is 7.31. The van der Waals surface area contributed by atoms with Gasteiger partial charge in [0.15, 0.2) is 0 Å². The van der Waals surface area contributed by atoms with E-state index in [-0.39, 0.29) is 0 Å². The predicted molar refractivity (Wildman–Crippen MR) is 81.7 cm³/mol. The van der Waals surface area contributed by atoms with E-state index in [1.165, 1.54) is 31.4 Å². The van der Waals surface area contributed by atoms with Crippen LogP contribution in [0.4, 0.5) is 11.6 Å². The summed E-state index contributed by atoms with van der Waals surface area (Å²) < 4.78 is 0. The van der Waals surface area contributed by atoms with Crippen molar-refractivity contribution in [3.8, 4) is 0 Å². The van der Waals surface area contributed by atoms with Crippen molar-refractivity contribution < 1.29 is 0 Å². The molecule has 0 aliphatic heterocycles. The van der Waals surface area contributed by atoms with E-state index in [9.17, 15) is 0 Å². The van der Waals surface area contributed by atoms with Crippen LogP contribution in [0, 0.1) is 6.92 Å². The molecule has 1 heterocycles. The van der Waals surface area contributed by atoms with Crippen molar-refractivity contribution in [3.05, 3.63) is 11.9 Å². The zero-order chi connectivity index (χ0) is 13.2. The molecule has 1 aromatic heterocycles. The lowest BCUT2D eigenvalue weighted by molar-refractivity contribution is 0.688. The Kier molecular flexibility index (Phi) is 7.57. The Labute approximate surface area is 114 Å². The Morgan fingerprint density at radius 3 is 2.56 bits per heavy atom. The molecule has 0 aliphatic carbocycles. The fourth-order valence-corrected chi connectivity index (χ4v) is 2.22. The molecule has 0 aromatic carbocycles. The van der Waals surface area contributed by atoms with Crippen LogP contribution in [0.15, 0.2) is 6.07 Å². The van der Waals surface area contributed by atoms with Gasteiger partial charge in [-0.15, -0.1) is 0 Å². The number of thioether (sulfide) groups is 1. The molecule has 0 saturated heterocycles. The van der Waals surface area contributed by atoms with Gasteiger partial charge in [-0.1, -0.05) is 12.8 Å². The Morgan fingerprint density at radius 2 is 1.83 bits per heavy atom. The molecular formula is C13H24N4S. The summed E-state index contributed by atoms with van der Waals surface area (Å²) in [4.78, 5) is 8.63. The molecule has 0 saturated carbocycles. The molecule has 0 amide bonds. The largest absolute Gasteiger partial charge is 0.373 e. The maximum Gasteiger partial charge on any atom is 0.131 e. The zero-order valence-electron chi connectivity index (χ0n) is 11.6. The molecule has 4 nitrogen and oxygen atoms in total. The first kappa shape index (κ1) is 15.1. The van der Waals surface area contributed by atoms with Gasteiger partial charge in [0.05, 0.1) is 0 Å². The van der Waals surface area contributed by atoms with Crippen molar-refractivity contribution >= 4 is 23.4 Å². The molecule has 0 fully saturated rings. The van der Waals surface area contributed by atoms with Gasteiger partial charge in [-0.2, -0.15) is 11.8 Å². The van der Waals surface area contributed by atoms with Gasteiger partial charge in [-0.05, 0) is 31.8 Å². The first-order chi connectivity index (χ1) is 8.76. The van der Waals surface area contributed by atoms with Crippen LogP contribution in [0.3, 0.4) is 0 Å². The normalized spacial score (nSPS) is 10.4. The first-order valence-electron chi connectivity index (χ1n) is 6.52. The van der Waals surface area contributed by atoms with E-state index >= 15 is 0 Å². The van der Waals surface area contributed by atoms with Crippen LogP contribution in [-0.4, -0.2) is 35.6 Å². The zero-order valence-corrected chi connectivity index (χ0v) is 12.4. The number of aryl methyl sites for hydroxylation is 1. The van der Waals surface area contributed by atoms with Gasteiger partial charge in [-0.3, -0.25) is 0 Å². The standard InChI is InChI=1S/C13H24N4S/c1-11-16-12(14-2)10-13(17-11)15-8-6-4-5-7-9-18-3/h10H,4-9H2,1-3H3,(H2,14,15,16,17). The summed E-state index contributed by atoms with van der Waals surface area (Å²) in [5, 5.41) is 6.39. The van der Waals surface area contributed by atoms with E-state index in [0.29, 0.717) is 0 Å². The number of nitrogens with one attached hydrogen (secondary N) is 2. The van der Waals surface area contributed by atoms with Crippen molar-refractivity contribution in [1.82, 2.24) is 9.97 Å². The summed E-state index contributed by atoms with van der Waals surface area (Å²) in [5.41, 5.74) is 0. The van der Waals surface area contributed by atoms with Crippen LogP contribution in [0.25, 0.3) is 0 Å². The first-order valence-corrected chi connectivity index (χ1v) is 7.92. The van der Waals surface area contributed by atoms with E-state index < -0.39 is 0 Å². The van der Waals surface area contributed by atoms with Crippen molar-refractivity contribution in [2.24, 2.45) is 0 Å². The summed E-state index contributed by atoms with van der Waals surface area (Å²) in [6.45, 7) is 2.90. The van der Waals surface area contributed by atoms with E-state index in [2.05, 4.69) is 26.9 Å². The molecule has 0 unspecified atom stereocenters. The van der Waals surface area contributed by atoms with Gasteiger partial charge in [-0.25, -0.2) is 9.97 Å². The summed E-state index contributed by atoms with van der Waals surface area (Å²) in [7, 11) is 1.87. The van der Waals surface area contributed by atoms with Gasteiger partial charge >= 0.3 is 0 Å².